The Morgan fingerprint density at radius 1 is 1.33 bits per heavy atom. The number of benzene rings is 1. The van der Waals surface area contributed by atoms with Crippen LogP contribution in [0.3, 0.4) is 0 Å². The summed E-state index contributed by atoms with van der Waals surface area (Å²) in [6, 6.07) is 9.32. The molecule has 0 aliphatic carbocycles. The topological polar surface area (TPSA) is 55.8 Å². The predicted octanol–water partition coefficient (Wildman–Crippen LogP) is 3.07. The van der Waals surface area contributed by atoms with Gasteiger partial charge in [-0.05, 0) is 5.56 Å². The van der Waals surface area contributed by atoms with Crippen molar-refractivity contribution in [1.29, 1.82) is 0 Å². The molecule has 1 heterocycles. The third-order valence-electron chi connectivity index (χ3n) is 3.12. The highest BCUT2D eigenvalue weighted by molar-refractivity contribution is 5.94. The van der Waals surface area contributed by atoms with E-state index in [0.717, 1.165) is 5.56 Å². The van der Waals surface area contributed by atoms with Crippen molar-refractivity contribution < 1.29 is 19.1 Å². The lowest BCUT2D eigenvalue weighted by Gasteiger charge is -2.31. The largest absolute Gasteiger partial charge is 0.444 e. The summed E-state index contributed by atoms with van der Waals surface area (Å²) in [6.45, 7) is 9.37. The van der Waals surface area contributed by atoms with E-state index in [2.05, 4.69) is 6.58 Å². The third kappa shape index (κ3) is 3.24. The van der Waals surface area contributed by atoms with Crippen molar-refractivity contribution in [2.24, 2.45) is 5.41 Å². The number of rotatable bonds is 2. The van der Waals surface area contributed by atoms with Gasteiger partial charge in [0.2, 0.25) is 0 Å². The number of carbonyl (C=O) groups is 2. The molecule has 0 radical (unpaired) electrons. The molecular formula is C16H19NO4. The van der Waals surface area contributed by atoms with Gasteiger partial charge < -0.3 is 9.47 Å². The number of hydrogen-bond acceptors (Lipinski definition) is 4. The van der Waals surface area contributed by atoms with Gasteiger partial charge in [-0.25, -0.2) is 14.5 Å². The summed E-state index contributed by atoms with van der Waals surface area (Å²) < 4.78 is 10.5. The minimum Gasteiger partial charge on any atom is -0.444 e. The molecule has 1 amide bonds. The van der Waals surface area contributed by atoms with Crippen LogP contribution in [0.25, 0.3) is 0 Å². The molecule has 1 fully saturated rings. The molecule has 112 valence electrons. The standard InChI is InChI=1S/C16H19NO4/c1-11-13(18)21-14(16(2,3)4)17(11)15(19)20-10-12-8-6-5-7-9-12/h5-9,14H,1,10H2,2-4H3/t14-/m1/s1. The second-order valence-corrected chi connectivity index (χ2v) is 5.98. The second kappa shape index (κ2) is 5.60. The van der Waals surface area contributed by atoms with Gasteiger partial charge in [0.1, 0.15) is 12.3 Å². The van der Waals surface area contributed by atoms with E-state index in [-0.39, 0.29) is 12.3 Å². The molecule has 1 atom stereocenters. The number of ether oxygens (including phenoxy) is 2. The van der Waals surface area contributed by atoms with Gasteiger partial charge in [0.25, 0.3) is 0 Å². The number of carbonyl (C=O) groups excluding carboxylic acids is 2. The zero-order valence-corrected chi connectivity index (χ0v) is 12.5. The number of esters is 1. The Morgan fingerprint density at radius 2 is 1.95 bits per heavy atom. The fourth-order valence-electron chi connectivity index (χ4n) is 2.02. The summed E-state index contributed by atoms with van der Waals surface area (Å²) in [4.78, 5) is 25.1. The van der Waals surface area contributed by atoms with Gasteiger partial charge in [-0.3, -0.25) is 0 Å². The minimum atomic E-state index is -0.708. The molecule has 1 saturated heterocycles. The van der Waals surface area contributed by atoms with Crippen LogP contribution < -0.4 is 0 Å². The van der Waals surface area contributed by atoms with E-state index in [0.29, 0.717) is 0 Å². The van der Waals surface area contributed by atoms with Crippen molar-refractivity contribution in [2.45, 2.75) is 33.6 Å². The van der Waals surface area contributed by atoms with Gasteiger partial charge in [-0.15, -0.1) is 0 Å². The highest BCUT2D eigenvalue weighted by Crippen LogP contribution is 2.34. The summed E-state index contributed by atoms with van der Waals surface area (Å²) >= 11 is 0. The molecule has 0 aromatic heterocycles. The number of nitrogens with zero attached hydrogens (tertiary/aromatic N) is 1. The van der Waals surface area contributed by atoms with Gasteiger partial charge in [-0.2, -0.15) is 0 Å². The van der Waals surface area contributed by atoms with Crippen molar-refractivity contribution >= 4 is 12.1 Å². The van der Waals surface area contributed by atoms with E-state index >= 15 is 0 Å². The number of cyclic esters (lactones) is 1. The second-order valence-electron chi connectivity index (χ2n) is 5.98. The Bertz CT molecular complexity index is 559. The van der Waals surface area contributed by atoms with Crippen LogP contribution in [0.5, 0.6) is 0 Å². The first-order valence-corrected chi connectivity index (χ1v) is 6.70. The van der Waals surface area contributed by atoms with E-state index in [1.807, 2.05) is 51.1 Å². The molecule has 0 N–H and O–H groups in total. The Hall–Kier alpha value is -2.30. The van der Waals surface area contributed by atoms with E-state index in [1.54, 1.807) is 0 Å². The Morgan fingerprint density at radius 3 is 2.52 bits per heavy atom. The maximum absolute atomic E-state index is 12.2. The molecule has 0 unspecified atom stereocenters. The van der Waals surface area contributed by atoms with Gasteiger partial charge in [0.05, 0.1) is 0 Å². The molecule has 1 aromatic carbocycles. The summed E-state index contributed by atoms with van der Waals surface area (Å²) in [5.74, 6) is -0.591. The molecule has 0 spiro atoms. The zero-order chi connectivity index (χ0) is 15.6. The number of amides is 1. The SMILES string of the molecule is C=C1C(=O)O[C@H](C(C)(C)C)N1C(=O)OCc1ccccc1. The summed E-state index contributed by atoms with van der Waals surface area (Å²) in [5, 5.41) is 0. The molecule has 0 bridgehead atoms. The minimum absolute atomic E-state index is 0.00740. The van der Waals surface area contributed by atoms with Crippen molar-refractivity contribution in [3.63, 3.8) is 0 Å². The number of hydrogen-bond donors (Lipinski definition) is 0. The Labute approximate surface area is 124 Å². The summed E-state index contributed by atoms with van der Waals surface area (Å²) in [6.07, 6.45) is -1.34. The first kappa shape index (κ1) is 15.1. The van der Waals surface area contributed by atoms with Crippen molar-refractivity contribution in [1.82, 2.24) is 4.90 Å². The third-order valence-corrected chi connectivity index (χ3v) is 3.12. The van der Waals surface area contributed by atoms with Crippen LogP contribution in [0.1, 0.15) is 26.3 Å². The lowest BCUT2D eigenvalue weighted by Crippen LogP contribution is -2.43. The van der Waals surface area contributed by atoms with Crippen LogP contribution in [0.4, 0.5) is 4.79 Å². The van der Waals surface area contributed by atoms with Crippen LogP contribution in [0.2, 0.25) is 0 Å². The smallest absolute Gasteiger partial charge is 0.417 e. The molecule has 1 aliphatic rings. The van der Waals surface area contributed by atoms with Gasteiger partial charge >= 0.3 is 12.1 Å². The molecule has 5 nitrogen and oxygen atoms in total. The van der Waals surface area contributed by atoms with E-state index in [9.17, 15) is 9.59 Å². The molecule has 1 aromatic rings. The Balaban J connectivity index is 2.09. The fourth-order valence-corrected chi connectivity index (χ4v) is 2.02. The molecule has 5 heteroatoms. The van der Waals surface area contributed by atoms with Crippen molar-refractivity contribution in [3.05, 3.63) is 48.2 Å². The fraction of sp³-hybridized carbons (Fsp3) is 0.375. The maximum Gasteiger partial charge on any atom is 0.417 e. The highest BCUT2D eigenvalue weighted by Gasteiger charge is 2.46. The Kier molecular flexibility index (Phi) is 4.02. The molecule has 0 saturated carbocycles. The van der Waals surface area contributed by atoms with Crippen LogP contribution in [0, 0.1) is 5.41 Å². The summed E-state index contributed by atoms with van der Waals surface area (Å²) in [5.41, 5.74) is 0.448. The van der Waals surface area contributed by atoms with Gasteiger partial charge in [0, 0.05) is 5.41 Å². The van der Waals surface area contributed by atoms with Crippen LogP contribution in [0.15, 0.2) is 42.6 Å². The van der Waals surface area contributed by atoms with Crippen molar-refractivity contribution in [3.8, 4) is 0 Å². The van der Waals surface area contributed by atoms with E-state index < -0.39 is 23.7 Å². The summed E-state index contributed by atoms with van der Waals surface area (Å²) in [7, 11) is 0. The van der Waals surface area contributed by atoms with Gasteiger partial charge in [-0.1, -0.05) is 57.7 Å². The highest BCUT2D eigenvalue weighted by atomic mass is 16.6. The average molecular weight is 289 g/mol. The maximum atomic E-state index is 12.2. The van der Waals surface area contributed by atoms with Crippen LogP contribution in [-0.2, 0) is 20.9 Å². The molecular weight excluding hydrogens is 270 g/mol. The quantitative estimate of drug-likeness (QED) is 0.620. The molecule has 1 aliphatic heterocycles. The van der Waals surface area contributed by atoms with E-state index in [1.165, 1.54) is 4.90 Å². The lowest BCUT2D eigenvalue weighted by atomic mass is 9.93. The first-order chi connectivity index (χ1) is 9.80. The first-order valence-electron chi connectivity index (χ1n) is 6.70. The normalized spacial score (nSPS) is 18.6. The van der Waals surface area contributed by atoms with Crippen LogP contribution in [-0.4, -0.2) is 23.2 Å². The monoisotopic (exact) mass is 289 g/mol. The zero-order valence-electron chi connectivity index (χ0n) is 12.5. The van der Waals surface area contributed by atoms with Crippen molar-refractivity contribution in [2.75, 3.05) is 0 Å². The molecule has 21 heavy (non-hydrogen) atoms. The van der Waals surface area contributed by atoms with Gasteiger partial charge in [0.15, 0.2) is 6.23 Å². The van der Waals surface area contributed by atoms with Crippen LogP contribution >= 0.6 is 0 Å². The predicted molar refractivity (Wildman–Crippen MR) is 76.9 cm³/mol. The lowest BCUT2D eigenvalue weighted by molar-refractivity contribution is -0.145. The average Bonchev–Trinajstić information content (AvgIpc) is 2.74. The molecule has 2 rings (SSSR count). The van der Waals surface area contributed by atoms with E-state index in [4.69, 9.17) is 9.47 Å².